The number of hydrogen-bond acceptors (Lipinski definition) is 2. The third-order valence-corrected chi connectivity index (χ3v) is 1.65. The number of hydrogen-bond donors (Lipinski definition) is 1. The van der Waals surface area contributed by atoms with E-state index in [1.807, 2.05) is 13.8 Å². The Morgan fingerprint density at radius 2 is 1.50 bits per heavy atom. The van der Waals surface area contributed by atoms with Crippen LogP contribution in [0.15, 0.2) is 0 Å². The van der Waals surface area contributed by atoms with E-state index in [2.05, 4.69) is 0 Å². The first-order valence-electron chi connectivity index (χ1n) is 4.87. The molecule has 2 heteroatoms. The van der Waals surface area contributed by atoms with Crippen LogP contribution in [0.5, 0.6) is 0 Å². The second kappa shape index (κ2) is 13.1. The van der Waals surface area contributed by atoms with E-state index in [-0.39, 0.29) is 0 Å². The maximum absolute atomic E-state index is 7.32. The summed E-state index contributed by atoms with van der Waals surface area (Å²) in [6, 6.07) is 2.29. The second-order valence-corrected chi connectivity index (χ2v) is 2.62. The summed E-state index contributed by atoms with van der Waals surface area (Å²) in [6.45, 7) is 5.43. The Morgan fingerprint density at radius 3 is 1.67 bits per heavy atom. The minimum absolute atomic E-state index is 0.536. The van der Waals surface area contributed by atoms with Crippen molar-refractivity contribution in [2.75, 3.05) is 0 Å². The normalized spacial score (nSPS) is 15.9. The van der Waals surface area contributed by atoms with Gasteiger partial charge in [0.15, 0.2) is 0 Å². The van der Waals surface area contributed by atoms with Gasteiger partial charge >= 0.3 is 0 Å². The predicted octanol–water partition coefficient (Wildman–Crippen LogP) is 2.83. The standard InChI is InChI=1S/C6H13N.C2H3N.C2H6/c7-6-4-2-1-3-5-6;1-2-3;1-2/h6H,1-5,7H2;1H3;1-2H3. The van der Waals surface area contributed by atoms with Crippen LogP contribution in [0.25, 0.3) is 0 Å². The topological polar surface area (TPSA) is 49.8 Å². The Hall–Kier alpha value is -0.550. The molecule has 0 aromatic heterocycles. The fourth-order valence-electron chi connectivity index (χ4n) is 1.13. The molecule has 0 aromatic carbocycles. The second-order valence-electron chi connectivity index (χ2n) is 2.62. The van der Waals surface area contributed by atoms with Crippen molar-refractivity contribution >= 4 is 0 Å². The third kappa shape index (κ3) is 12.2. The van der Waals surface area contributed by atoms with Crippen molar-refractivity contribution in [3.8, 4) is 6.07 Å². The molecule has 0 aromatic rings. The van der Waals surface area contributed by atoms with Crippen LogP contribution in [0.2, 0.25) is 0 Å². The molecule has 12 heavy (non-hydrogen) atoms. The highest BCUT2D eigenvalue weighted by molar-refractivity contribution is 4.66. The molecule has 1 aliphatic carbocycles. The van der Waals surface area contributed by atoms with Gasteiger partial charge in [0.1, 0.15) is 0 Å². The van der Waals surface area contributed by atoms with E-state index in [1.54, 1.807) is 6.07 Å². The lowest BCUT2D eigenvalue weighted by molar-refractivity contribution is 0.441. The zero-order valence-electron chi connectivity index (χ0n) is 8.64. The first-order valence-corrected chi connectivity index (χ1v) is 4.87. The summed E-state index contributed by atoms with van der Waals surface area (Å²) < 4.78 is 0. The van der Waals surface area contributed by atoms with Crippen molar-refractivity contribution in [3.63, 3.8) is 0 Å². The van der Waals surface area contributed by atoms with Crippen LogP contribution in [0.4, 0.5) is 0 Å². The van der Waals surface area contributed by atoms with Crippen molar-refractivity contribution in [1.82, 2.24) is 0 Å². The molecule has 0 aliphatic heterocycles. The summed E-state index contributed by atoms with van der Waals surface area (Å²) in [5, 5.41) is 7.32. The van der Waals surface area contributed by atoms with E-state index < -0.39 is 0 Å². The minimum atomic E-state index is 0.536. The van der Waals surface area contributed by atoms with E-state index >= 15 is 0 Å². The number of rotatable bonds is 0. The number of nitrogens with zero attached hydrogens (tertiary/aromatic N) is 1. The van der Waals surface area contributed by atoms with E-state index in [9.17, 15) is 0 Å². The van der Waals surface area contributed by atoms with Crippen LogP contribution < -0.4 is 5.73 Å². The van der Waals surface area contributed by atoms with Gasteiger partial charge in [-0.25, -0.2) is 0 Å². The van der Waals surface area contributed by atoms with Gasteiger partial charge in [-0.2, -0.15) is 5.26 Å². The lowest BCUT2D eigenvalue weighted by atomic mass is 9.97. The maximum Gasteiger partial charge on any atom is 0.0587 e. The van der Waals surface area contributed by atoms with E-state index in [1.165, 1.54) is 39.0 Å². The van der Waals surface area contributed by atoms with Crippen LogP contribution in [0.1, 0.15) is 52.9 Å². The average molecular weight is 170 g/mol. The predicted molar refractivity (Wildman–Crippen MR) is 53.7 cm³/mol. The van der Waals surface area contributed by atoms with Gasteiger partial charge in [-0.3, -0.25) is 0 Å². The first kappa shape index (κ1) is 14.0. The van der Waals surface area contributed by atoms with Gasteiger partial charge < -0.3 is 5.73 Å². The van der Waals surface area contributed by atoms with Gasteiger partial charge in [-0.15, -0.1) is 0 Å². The van der Waals surface area contributed by atoms with E-state index in [0.717, 1.165) is 0 Å². The zero-order chi connectivity index (χ0) is 9.82. The van der Waals surface area contributed by atoms with Crippen LogP contribution in [-0.4, -0.2) is 6.04 Å². The first-order chi connectivity index (χ1) is 5.81. The summed E-state index contributed by atoms with van der Waals surface area (Å²) in [4.78, 5) is 0. The molecule has 1 fully saturated rings. The molecule has 2 N–H and O–H groups in total. The molecule has 0 atom stereocenters. The van der Waals surface area contributed by atoms with Crippen molar-refractivity contribution in [2.24, 2.45) is 5.73 Å². The van der Waals surface area contributed by atoms with E-state index in [0.29, 0.717) is 6.04 Å². The molecule has 0 amide bonds. The average Bonchev–Trinajstić information content (AvgIpc) is 2.11. The Morgan fingerprint density at radius 1 is 1.17 bits per heavy atom. The highest BCUT2D eigenvalue weighted by Gasteiger charge is 2.06. The molecule has 0 unspecified atom stereocenters. The molecule has 72 valence electrons. The van der Waals surface area contributed by atoms with Crippen LogP contribution in [-0.2, 0) is 0 Å². The SMILES string of the molecule is CC.CC#N.NC1CCCCC1. The summed E-state index contributed by atoms with van der Waals surface area (Å²) >= 11 is 0. The molecule has 0 spiro atoms. The minimum Gasteiger partial charge on any atom is -0.328 e. The molecule has 0 saturated heterocycles. The van der Waals surface area contributed by atoms with Crippen LogP contribution >= 0.6 is 0 Å². The Kier molecular flexibility index (Phi) is 15.2. The summed E-state index contributed by atoms with van der Waals surface area (Å²) in [5.41, 5.74) is 5.63. The van der Waals surface area contributed by atoms with Crippen LogP contribution in [0.3, 0.4) is 0 Å². The largest absolute Gasteiger partial charge is 0.328 e. The van der Waals surface area contributed by atoms with Crippen molar-refractivity contribution < 1.29 is 0 Å². The van der Waals surface area contributed by atoms with Crippen LogP contribution in [0, 0.1) is 11.3 Å². The fourth-order valence-corrected chi connectivity index (χ4v) is 1.13. The molecule has 1 aliphatic rings. The smallest absolute Gasteiger partial charge is 0.0587 e. The van der Waals surface area contributed by atoms with Crippen molar-refractivity contribution in [1.29, 1.82) is 5.26 Å². The van der Waals surface area contributed by atoms with Crippen molar-refractivity contribution in [2.45, 2.75) is 58.9 Å². The van der Waals surface area contributed by atoms with Crippen molar-refractivity contribution in [3.05, 3.63) is 0 Å². The summed E-state index contributed by atoms with van der Waals surface area (Å²) in [6.07, 6.45) is 6.66. The molecular weight excluding hydrogens is 148 g/mol. The highest BCUT2D eigenvalue weighted by atomic mass is 14.6. The van der Waals surface area contributed by atoms with E-state index in [4.69, 9.17) is 11.0 Å². The van der Waals surface area contributed by atoms with Gasteiger partial charge in [0, 0.05) is 13.0 Å². The molecule has 0 bridgehead atoms. The van der Waals surface area contributed by atoms with Gasteiger partial charge in [0.25, 0.3) is 0 Å². The third-order valence-electron chi connectivity index (χ3n) is 1.65. The maximum atomic E-state index is 7.32. The Balaban J connectivity index is 0. The summed E-state index contributed by atoms with van der Waals surface area (Å²) in [7, 11) is 0. The highest BCUT2D eigenvalue weighted by Crippen LogP contribution is 2.14. The quantitative estimate of drug-likeness (QED) is 0.607. The van der Waals surface area contributed by atoms with Gasteiger partial charge in [-0.05, 0) is 12.8 Å². The van der Waals surface area contributed by atoms with Gasteiger partial charge in [-0.1, -0.05) is 33.1 Å². The molecule has 2 nitrogen and oxygen atoms in total. The lowest BCUT2D eigenvalue weighted by Crippen LogP contribution is -2.22. The van der Waals surface area contributed by atoms with Gasteiger partial charge in [0.05, 0.1) is 6.07 Å². The molecule has 1 saturated carbocycles. The number of nitriles is 1. The molecule has 1 rings (SSSR count). The summed E-state index contributed by atoms with van der Waals surface area (Å²) in [5.74, 6) is 0. The molecular formula is C10H22N2. The molecule has 0 radical (unpaired) electrons. The van der Waals surface area contributed by atoms with Gasteiger partial charge in [0.2, 0.25) is 0 Å². The Bertz CT molecular complexity index is 98.9. The monoisotopic (exact) mass is 170 g/mol. The Labute approximate surface area is 76.8 Å². The molecule has 0 heterocycles. The zero-order valence-corrected chi connectivity index (χ0v) is 8.64. The number of nitrogens with two attached hydrogens (primary N) is 1. The fraction of sp³-hybridized carbons (Fsp3) is 0.900. The lowest BCUT2D eigenvalue weighted by Gasteiger charge is -2.15.